The number of amides is 2. The van der Waals surface area contributed by atoms with E-state index in [2.05, 4.69) is 0 Å². The van der Waals surface area contributed by atoms with Crippen molar-refractivity contribution in [3.63, 3.8) is 0 Å². The minimum Gasteiger partial charge on any atom is -0.453 e. The first kappa shape index (κ1) is 18.4. The summed E-state index contributed by atoms with van der Waals surface area (Å²) in [6.45, 7) is 2.73. The van der Waals surface area contributed by atoms with Crippen LogP contribution in [0.3, 0.4) is 0 Å². The topological polar surface area (TPSA) is 80.8 Å². The maximum atomic E-state index is 13.0. The number of halogens is 1. The minimum absolute atomic E-state index is 0.185. The van der Waals surface area contributed by atoms with Gasteiger partial charge in [0.05, 0.1) is 11.1 Å². The maximum Gasteiger partial charge on any atom is 0.329 e. The largest absolute Gasteiger partial charge is 0.453 e. The first-order chi connectivity index (χ1) is 12.8. The summed E-state index contributed by atoms with van der Waals surface area (Å²) in [5, 5.41) is 0. The Balaban J connectivity index is 1.71. The molecule has 1 aliphatic rings. The van der Waals surface area contributed by atoms with Crippen LogP contribution in [0.15, 0.2) is 48.5 Å². The molecule has 6 nitrogen and oxygen atoms in total. The van der Waals surface area contributed by atoms with Gasteiger partial charge >= 0.3 is 5.97 Å². The summed E-state index contributed by atoms with van der Waals surface area (Å²) in [7, 11) is 0. The molecule has 1 aliphatic heterocycles. The second-order valence-corrected chi connectivity index (χ2v) is 6.15. The second-order valence-electron chi connectivity index (χ2n) is 6.15. The number of fused-ring (bicyclic) bond motifs is 1. The molecule has 2 aromatic carbocycles. The van der Waals surface area contributed by atoms with Gasteiger partial charge in [-0.3, -0.25) is 19.3 Å². The molecule has 7 heteroatoms. The standard InChI is InChI=1S/C20H16FNO5/c1-11(22-18(24)15-5-3-4-6-16(15)19(22)25)20(26)27-12(2)17(23)13-7-9-14(21)10-8-13/h3-12H,1-2H3/t11-,12-/m1/s1. The van der Waals surface area contributed by atoms with Crippen LogP contribution in [0, 0.1) is 5.82 Å². The zero-order chi connectivity index (χ0) is 19.7. The average molecular weight is 369 g/mol. The van der Waals surface area contributed by atoms with Gasteiger partial charge < -0.3 is 4.74 Å². The zero-order valence-electron chi connectivity index (χ0n) is 14.6. The molecule has 0 radical (unpaired) electrons. The van der Waals surface area contributed by atoms with Gasteiger partial charge in [0.15, 0.2) is 6.10 Å². The van der Waals surface area contributed by atoms with E-state index in [1.807, 2.05) is 0 Å². The van der Waals surface area contributed by atoms with Gasteiger partial charge in [0.2, 0.25) is 5.78 Å². The molecule has 138 valence electrons. The van der Waals surface area contributed by atoms with Gasteiger partial charge in [0, 0.05) is 5.56 Å². The third kappa shape index (κ3) is 3.36. The fraction of sp³-hybridized carbons (Fsp3) is 0.200. The van der Waals surface area contributed by atoms with Crippen LogP contribution in [0.4, 0.5) is 4.39 Å². The molecule has 3 rings (SSSR count). The molecule has 0 aromatic heterocycles. The molecule has 2 aromatic rings. The van der Waals surface area contributed by atoms with Gasteiger partial charge in [-0.05, 0) is 50.2 Å². The van der Waals surface area contributed by atoms with Crippen molar-refractivity contribution in [1.82, 2.24) is 4.90 Å². The quantitative estimate of drug-likeness (QED) is 0.460. The lowest BCUT2D eigenvalue weighted by Gasteiger charge is -2.22. The number of rotatable bonds is 5. The smallest absolute Gasteiger partial charge is 0.329 e. The number of ether oxygens (including phenoxy) is 1. The van der Waals surface area contributed by atoms with Crippen molar-refractivity contribution in [2.45, 2.75) is 26.0 Å². The van der Waals surface area contributed by atoms with Gasteiger partial charge in [0.1, 0.15) is 11.9 Å². The van der Waals surface area contributed by atoms with E-state index in [9.17, 15) is 23.6 Å². The van der Waals surface area contributed by atoms with Crippen LogP contribution in [-0.2, 0) is 9.53 Å². The van der Waals surface area contributed by atoms with Gasteiger partial charge in [-0.1, -0.05) is 12.1 Å². The van der Waals surface area contributed by atoms with Crippen LogP contribution in [-0.4, -0.2) is 40.6 Å². The van der Waals surface area contributed by atoms with Crippen molar-refractivity contribution in [2.75, 3.05) is 0 Å². The fourth-order valence-corrected chi connectivity index (χ4v) is 2.84. The Bertz CT molecular complexity index is 903. The van der Waals surface area contributed by atoms with Crippen molar-refractivity contribution in [1.29, 1.82) is 0 Å². The highest BCUT2D eigenvalue weighted by atomic mass is 19.1. The van der Waals surface area contributed by atoms with E-state index < -0.39 is 41.5 Å². The summed E-state index contributed by atoms with van der Waals surface area (Å²) in [5.74, 6) is -3.06. The van der Waals surface area contributed by atoms with E-state index in [1.54, 1.807) is 12.1 Å². The van der Waals surface area contributed by atoms with E-state index in [4.69, 9.17) is 4.74 Å². The maximum absolute atomic E-state index is 13.0. The second kappa shape index (κ2) is 7.11. The van der Waals surface area contributed by atoms with Crippen molar-refractivity contribution in [2.24, 2.45) is 0 Å². The number of hydrogen-bond acceptors (Lipinski definition) is 5. The van der Waals surface area contributed by atoms with Gasteiger partial charge in [0.25, 0.3) is 11.8 Å². The molecular weight excluding hydrogens is 353 g/mol. The Morgan fingerprint density at radius 1 is 0.926 bits per heavy atom. The van der Waals surface area contributed by atoms with E-state index in [1.165, 1.54) is 38.1 Å². The van der Waals surface area contributed by atoms with Gasteiger partial charge in [-0.2, -0.15) is 0 Å². The highest BCUT2D eigenvalue weighted by molar-refractivity contribution is 6.22. The zero-order valence-corrected chi connectivity index (χ0v) is 14.6. The molecule has 0 bridgehead atoms. The number of hydrogen-bond donors (Lipinski definition) is 0. The number of carbonyl (C=O) groups is 4. The number of benzene rings is 2. The molecule has 0 saturated heterocycles. The summed E-state index contributed by atoms with van der Waals surface area (Å²) in [5.41, 5.74) is 0.625. The molecule has 0 spiro atoms. The molecule has 0 unspecified atom stereocenters. The lowest BCUT2D eigenvalue weighted by Crippen LogP contribution is -2.45. The lowest BCUT2D eigenvalue weighted by molar-refractivity contribution is -0.150. The van der Waals surface area contributed by atoms with Crippen LogP contribution in [0.2, 0.25) is 0 Å². The summed E-state index contributed by atoms with van der Waals surface area (Å²) in [4.78, 5) is 50.4. The molecule has 0 aliphatic carbocycles. The van der Waals surface area contributed by atoms with Crippen molar-refractivity contribution in [3.8, 4) is 0 Å². The van der Waals surface area contributed by atoms with Crippen LogP contribution in [0.1, 0.15) is 44.9 Å². The van der Waals surface area contributed by atoms with E-state index in [-0.39, 0.29) is 16.7 Å². The molecular formula is C20H16FNO5. The van der Waals surface area contributed by atoms with E-state index in [0.29, 0.717) is 0 Å². The van der Waals surface area contributed by atoms with E-state index in [0.717, 1.165) is 17.0 Å². The SMILES string of the molecule is C[C@H](C(=O)O[C@H](C)C(=O)c1ccc(F)cc1)N1C(=O)c2ccccc2C1=O. The Morgan fingerprint density at radius 2 is 1.44 bits per heavy atom. The highest BCUT2D eigenvalue weighted by Gasteiger charge is 2.41. The van der Waals surface area contributed by atoms with Gasteiger partial charge in [-0.25, -0.2) is 9.18 Å². The summed E-state index contributed by atoms with van der Waals surface area (Å²) >= 11 is 0. The third-order valence-electron chi connectivity index (χ3n) is 4.34. The Hall–Kier alpha value is -3.35. The number of Topliss-reactive ketones (excluding diaryl/α,β-unsaturated/α-hetero) is 1. The van der Waals surface area contributed by atoms with E-state index >= 15 is 0 Å². The minimum atomic E-state index is -1.19. The summed E-state index contributed by atoms with van der Waals surface area (Å²) in [6, 6.07) is 9.90. The fourth-order valence-electron chi connectivity index (χ4n) is 2.84. The van der Waals surface area contributed by atoms with Crippen molar-refractivity contribution in [3.05, 3.63) is 71.0 Å². The predicted octanol–water partition coefficient (Wildman–Crippen LogP) is 2.62. The Morgan fingerprint density at radius 3 is 1.96 bits per heavy atom. The average Bonchev–Trinajstić information content (AvgIpc) is 2.92. The summed E-state index contributed by atoms with van der Waals surface area (Å²) < 4.78 is 18.1. The lowest BCUT2D eigenvalue weighted by atomic mass is 10.1. The molecule has 2 atom stereocenters. The molecule has 0 fully saturated rings. The Labute approximate surface area is 154 Å². The van der Waals surface area contributed by atoms with Crippen molar-refractivity contribution < 1.29 is 28.3 Å². The first-order valence-corrected chi connectivity index (χ1v) is 8.28. The number of esters is 1. The predicted molar refractivity (Wildman–Crippen MR) is 92.7 cm³/mol. The number of ketones is 1. The number of imide groups is 1. The van der Waals surface area contributed by atoms with Crippen LogP contribution in [0.5, 0.6) is 0 Å². The number of nitrogens with zero attached hydrogens (tertiary/aromatic N) is 1. The van der Waals surface area contributed by atoms with Crippen LogP contribution >= 0.6 is 0 Å². The third-order valence-corrected chi connectivity index (χ3v) is 4.34. The molecule has 0 saturated carbocycles. The molecule has 27 heavy (non-hydrogen) atoms. The van der Waals surface area contributed by atoms with Gasteiger partial charge in [-0.15, -0.1) is 0 Å². The molecule has 1 heterocycles. The monoisotopic (exact) mass is 369 g/mol. The molecule has 2 amide bonds. The van der Waals surface area contributed by atoms with Crippen molar-refractivity contribution >= 4 is 23.6 Å². The molecule has 0 N–H and O–H groups in total. The van der Waals surface area contributed by atoms with Crippen LogP contribution in [0.25, 0.3) is 0 Å². The number of carbonyl (C=O) groups excluding carboxylic acids is 4. The highest BCUT2D eigenvalue weighted by Crippen LogP contribution is 2.25. The first-order valence-electron chi connectivity index (χ1n) is 8.28. The van der Waals surface area contributed by atoms with Crippen LogP contribution < -0.4 is 0 Å². The Kier molecular flexibility index (Phi) is 4.85. The summed E-state index contributed by atoms with van der Waals surface area (Å²) in [6.07, 6.45) is -1.15. The normalized spacial score (nSPS) is 15.3.